The van der Waals surface area contributed by atoms with Gasteiger partial charge in [0.15, 0.2) is 0 Å². The first kappa shape index (κ1) is 37.6. The fourth-order valence-corrected chi connectivity index (χ4v) is 9.01. The number of nitrogens with one attached hydrogen (secondary N) is 2. The maximum absolute atomic E-state index is 13.6. The highest BCUT2D eigenvalue weighted by Gasteiger charge is 2.48. The summed E-state index contributed by atoms with van der Waals surface area (Å²) in [5.41, 5.74) is -6.34. The number of alkyl halides is 3. The molecule has 1 saturated heterocycles. The molecule has 0 radical (unpaired) electrons. The Morgan fingerprint density at radius 2 is 1.60 bits per heavy atom. The Kier molecular flexibility index (Phi) is 14.0. The first-order valence-electron chi connectivity index (χ1n) is 14.0. The van der Waals surface area contributed by atoms with E-state index < -0.39 is 55.9 Å². The van der Waals surface area contributed by atoms with Gasteiger partial charge in [0.2, 0.25) is 0 Å². The number of benzene rings is 2. The van der Waals surface area contributed by atoms with Crippen LogP contribution in [0.25, 0.3) is 0 Å². The van der Waals surface area contributed by atoms with Crippen LogP contribution in [-0.4, -0.2) is 101 Å². The Hall–Kier alpha value is -1.89. The molecule has 2 aromatic carbocycles. The summed E-state index contributed by atoms with van der Waals surface area (Å²) in [5, 5.41) is 2.87. The second-order valence-corrected chi connectivity index (χ2v) is 16.1. The van der Waals surface area contributed by atoms with Crippen molar-refractivity contribution in [3.63, 3.8) is 0 Å². The molecule has 1 heterocycles. The van der Waals surface area contributed by atoms with Crippen molar-refractivity contribution in [1.29, 1.82) is 0 Å². The largest absolute Gasteiger partial charge is 0.501 e. The molecule has 1 aliphatic rings. The van der Waals surface area contributed by atoms with E-state index >= 15 is 0 Å². The summed E-state index contributed by atoms with van der Waals surface area (Å²) in [6, 6.07) is 10.6. The van der Waals surface area contributed by atoms with Crippen LogP contribution in [0.15, 0.2) is 58.3 Å². The number of anilines is 2. The topological polar surface area (TPSA) is 155 Å². The first-order valence-corrected chi connectivity index (χ1v) is 19.7. The van der Waals surface area contributed by atoms with E-state index in [1.807, 2.05) is 9.62 Å². The third kappa shape index (κ3) is 11.1. The predicted molar refractivity (Wildman–Crippen MR) is 168 cm³/mol. The fourth-order valence-electron chi connectivity index (χ4n) is 4.67. The van der Waals surface area contributed by atoms with E-state index in [4.69, 9.17) is 13.6 Å². The first-order chi connectivity index (χ1) is 21.2. The highest BCUT2D eigenvalue weighted by Crippen LogP contribution is 2.48. The van der Waals surface area contributed by atoms with Crippen LogP contribution < -0.4 is 10.0 Å². The summed E-state index contributed by atoms with van der Waals surface area (Å²) in [7, 11) is -10.7. The molecule has 45 heavy (non-hydrogen) atoms. The third-order valence-electron chi connectivity index (χ3n) is 6.78. The average molecular weight is 719 g/mol. The molecule has 0 aromatic heterocycles. The van der Waals surface area contributed by atoms with E-state index in [0.717, 1.165) is 6.07 Å². The molecule has 0 aliphatic carbocycles. The summed E-state index contributed by atoms with van der Waals surface area (Å²) in [6.07, 6.45) is 0.440. The van der Waals surface area contributed by atoms with Gasteiger partial charge in [-0.05, 0) is 50.6 Å². The van der Waals surface area contributed by atoms with Crippen LogP contribution in [0.5, 0.6) is 0 Å². The normalized spacial score (nSPS) is 17.5. The van der Waals surface area contributed by atoms with Crippen LogP contribution in [-0.2, 0) is 45.5 Å². The van der Waals surface area contributed by atoms with E-state index in [1.165, 1.54) is 6.07 Å². The molecule has 19 heteroatoms. The minimum absolute atomic E-state index is 0.0396. The molecular weight excluding hydrogens is 680 g/mol. The van der Waals surface area contributed by atoms with E-state index in [-0.39, 0.29) is 36.6 Å². The second-order valence-electron chi connectivity index (χ2n) is 10.0. The molecule has 0 spiro atoms. The third-order valence-corrected chi connectivity index (χ3v) is 12.3. The van der Waals surface area contributed by atoms with Crippen molar-refractivity contribution >= 4 is 50.9 Å². The summed E-state index contributed by atoms with van der Waals surface area (Å²) >= 11 is -2.66. The van der Waals surface area contributed by atoms with Crippen LogP contribution in [0.4, 0.5) is 24.5 Å². The predicted octanol–water partition coefficient (Wildman–Crippen LogP) is 4.35. The molecule has 0 bridgehead atoms. The number of hydrogen-bond acceptors (Lipinski definition) is 10. The van der Waals surface area contributed by atoms with Crippen LogP contribution in [0.1, 0.15) is 20.3 Å². The molecule has 1 aliphatic heterocycles. The number of rotatable bonds is 17. The highest BCUT2D eigenvalue weighted by atomic mass is 32.2. The summed E-state index contributed by atoms with van der Waals surface area (Å²) < 4.78 is 125. The zero-order chi connectivity index (χ0) is 33.3. The van der Waals surface area contributed by atoms with E-state index in [1.54, 1.807) is 44.2 Å². The summed E-state index contributed by atoms with van der Waals surface area (Å²) in [6.45, 7) is 6.71. The van der Waals surface area contributed by atoms with Crippen LogP contribution in [0.2, 0.25) is 0 Å². The van der Waals surface area contributed by atoms with Crippen molar-refractivity contribution in [2.45, 2.75) is 41.6 Å². The minimum atomic E-state index is -5.87. The molecule has 1 fully saturated rings. The van der Waals surface area contributed by atoms with Crippen molar-refractivity contribution in [2.75, 3.05) is 68.0 Å². The Morgan fingerprint density at radius 3 is 2.16 bits per heavy atom. The van der Waals surface area contributed by atoms with Gasteiger partial charge in [-0.2, -0.15) is 13.2 Å². The lowest BCUT2D eigenvalue weighted by molar-refractivity contribution is -0.0435. The number of hydrogen-bond donors (Lipinski definition) is 3. The van der Waals surface area contributed by atoms with Crippen molar-refractivity contribution in [2.24, 2.45) is 0 Å². The number of nitrogens with zero attached hydrogens (tertiary/aromatic N) is 2. The zero-order valence-electron chi connectivity index (χ0n) is 24.8. The van der Waals surface area contributed by atoms with Crippen LogP contribution in [0.3, 0.4) is 0 Å². The smallest absolute Gasteiger partial charge is 0.380 e. The molecule has 3 N–H and O–H groups in total. The lowest BCUT2D eigenvalue weighted by Gasteiger charge is -2.36. The van der Waals surface area contributed by atoms with E-state index in [0.29, 0.717) is 50.1 Å². The average Bonchev–Trinajstić information content (AvgIpc) is 2.97. The lowest BCUT2D eigenvalue weighted by Crippen LogP contribution is -2.47. The molecule has 0 amide bonds. The second kappa shape index (κ2) is 16.8. The van der Waals surface area contributed by atoms with Gasteiger partial charge >= 0.3 is 13.1 Å². The van der Waals surface area contributed by atoms with Gasteiger partial charge in [0.05, 0.1) is 29.7 Å². The van der Waals surface area contributed by atoms with Gasteiger partial charge in [-0.1, -0.05) is 18.2 Å². The molecule has 254 valence electrons. The lowest BCUT2D eigenvalue weighted by atomic mass is 10.2. The van der Waals surface area contributed by atoms with E-state index in [9.17, 15) is 34.6 Å². The maximum Gasteiger partial charge on any atom is 0.501 e. The van der Waals surface area contributed by atoms with Crippen LogP contribution >= 0.6 is 7.60 Å². The Balaban J connectivity index is 1.80. The molecule has 2 unspecified atom stereocenters. The van der Waals surface area contributed by atoms with Crippen molar-refractivity contribution in [1.82, 2.24) is 9.80 Å². The van der Waals surface area contributed by atoms with Gasteiger partial charge in [-0.3, -0.25) is 22.9 Å². The SMILES string of the molecule is CCOP(=O)(CN1CCN(CC[C@H](CS(=O)c2ccccc2)Nc2ccc(NS(=O)O)cc2S(=O)(=O)C(F)(F)F)CC1)OCC. The number of piperazine rings is 1. The standard InChI is InChI=1S/C26H38F3N4O8PS3/c1-3-40-42(34,41-4-2)20-33-16-14-32(15-17-33)13-12-22(19-43(35)23-8-6-5-7-9-23)30-24-11-10-21(31-44(36)37)18-25(24)45(38,39)26(27,28)29/h5-11,18,22,30-31H,3-4,12-17,19-20H2,1-2H3,(H,36,37)/t22-,43?/m1/s1. The molecular formula is C26H38F3N4O8PS3. The Bertz CT molecular complexity index is 1450. The van der Waals surface area contributed by atoms with Crippen LogP contribution in [0, 0.1) is 0 Å². The van der Waals surface area contributed by atoms with Crippen molar-refractivity contribution in [3.8, 4) is 0 Å². The van der Waals surface area contributed by atoms with Gasteiger partial charge in [0, 0.05) is 55.1 Å². The number of sulfone groups is 1. The van der Waals surface area contributed by atoms with Crippen molar-refractivity contribution < 1.29 is 48.2 Å². The molecule has 0 saturated carbocycles. The highest BCUT2D eigenvalue weighted by molar-refractivity contribution is 7.92. The number of halogens is 3. The molecule has 2 aromatic rings. The fraction of sp³-hybridized carbons (Fsp3) is 0.538. The Labute approximate surface area is 266 Å². The molecule has 3 atom stereocenters. The van der Waals surface area contributed by atoms with Gasteiger partial charge in [-0.15, -0.1) is 0 Å². The maximum atomic E-state index is 13.6. The van der Waals surface area contributed by atoms with Gasteiger partial charge in [0.25, 0.3) is 21.1 Å². The monoisotopic (exact) mass is 718 g/mol. The summed E-state index contributed by atoms with van der Waals surface area (Å²) in [4.78, 5) is 3.44. The van der Waals surface area contributed by atoms with Gasteiger partial charge < -0.3 is 19.3 Å². The Morgan fingerprint density at radius 1 is 1.00 bits per heavy atom. The van der Waals surface area contributed by atoms with E-state index in [2.05, 4.69) is 10.2 Å². The molecule has 12 nitrogen and oxygen atoms in total. The van der Waals surface area contributed by atoms with Gasteiger partial charge in [-0.25, -0.2) is 12.6 Å². The quantitative estimate of drug-likeness (QED) is 0.158. The van der Waals surface area contributed by atoms with Crippen molar-refractivity contribution in [3.05, 3.63) is 48.5 Å². The minimum Gasteiger partial charge on any atom is -0.380 e. The molecule has 3 rings (SSSR count). The van der Waals surface area contributed by atoms with Gasteiger partial charge in [0.1, 0.15) is 11.2 Å². The summed E-state index contributed by atoms with van der Waals surface area (Å²) in [5.74, 6) is -0.0396. The zero-order valence-corrected chi connectivity index (χ0v) is 28.1.